The molecule has 0 saturated heterocycles. The second-order valence-electron chi connectivity index (χ2n) is 4.75. The molecule has 0 saturated carbocycles. The number of nitrogens with zero attached hydrogens (tertiary/aromatic N) is 2. The minimum atomic E-state index is -3.55. The van der Waals surface area contributed by atoms with Gasteiger partial charge in [-0.3, -0.25) is 0 Å². The number of hydrogen-bond donors (Lipinski definition) is 0. The van der Waals surface area contributed by atoms with Crippen LogP contribution in [0.15, 0.2) is 29.2 Å². The number of likely N-dealkylation sites (N-methyl/N-ethyl adjacent to an activating group) is 2. The van der Waals surface area contributed by atoms with Gasteiger partial charge in [0.25, 0.3) is 0 Å². The Kier molecular flexibility index (Phi) is 5.80. The van der Waals surface area contributed by atoms with Gasteiger partial charge in [0, 0.05) is 19.1 Å². The monoisotopic (exact) mass is 304 g/mol. The highest BCUT2D eigenvalue weighted by Gasteiger charge is 2.29. The molecule has 0 amide bonds. The lowest BCUT2D eigenvalue weighted by molar-refractivity contribution is 0.271. The van der Waals surface area contributed by atoms with Gasteiger partial charge in [-0.1, -0.05) is 30.7 Å². The second kappa shape index (κ2) is 6.70. The molecular formula is C13H21ClN2O2S. The molecule has 19 heavy (non-hydrogen) atoms. The third-order valence-electron chi connectivity index (χ3n) is 2.86. The summed E-state index contributed by atoms with van der Waals surface area (Å²) >= 11 is 6.00. The molecule has 0 fully saturated rings. The third kappa shape index (κ3) is 3.92. The number of benzene rings is 1. The number of halogens is 1. The predicted octanol–water partition coefficient (Wildman–Crippen LogP) is 2.30. The minimum absolute atomic E-state index is 0.110. The molecule has 1 aromatic rings. The van der Waals surface area contributed by atoms with E-state index in [2.05, 4.69) is 0 Å². The number of sulfonamides is 1. The van der Waals surface area contributed by atoms with Gasteiger partial charge in [0.2, 0.25) is 10.0 Å². The molecule has 1 unspecified atom stereocenters. The Labute approximate surface area is 121 Å². The Morgan fingerprint density at radius 1 is 1.26 bits per heavy atom. The van der Waals surface area contributed by atoms with Crippen LogP contribution < -0.4 is 0 Å². The van der Waals surface area contributed by atoms with E-state index in [-0.39, 0.29) is 16.0 Å². The van der Waals surface area contributed by atoms with Crippen LogP contribution in [0, 0.1) is 0 Å². The second-order valence-corrected chi connectivity index (χ2v) is 7.02. The smallest absolute Gasteiger partial charge is 0.244 e. The Morgan fingerprint density at radius 3 is 2.32 bits per heavy atom. The summed E-state index contributed by atoms with van der Waals surface area (Å²) in [6, 6.07) is 6.44. The van der Waals surface area contributed by atoms with Crippen LogP contribution in [-0.2, 0) is 10.0 Å². The molecule has 0 N–H and O–H groups in total. The molecule has 6 heteroatoms. The van der Waals surface area contributed by atoms with E-state index in [9.17, 15) is 8.42 Å². The highest BCUT2D eigenvalue weighted by Crippen LogP contribution is 2.25. The molecule has 1 rings (SSSR count). The van der Waals surface area contributed by atoms with Gasteiger partial charge >= 0.3 is 0 Å². The molecule has 0 heterocycles. The minimum Gasteiger partial charge on any atom is -0.308 e. The van der Waals surface area contributed by atoms with Crippen LogP contribution >= 0.6 is 11.6 Å². The van der Waals surface area contributed by atoms with Crippen LogP contribution in [0.4, 0.5) is 0 Å². The summed E-state index contributed by atoms with van der Waals surface area (Å²) in [5.41, 5.74) is 0. The van der Waals surface area contributed by atoms with Crippen molar-refractivity contribution in [1.82, 2.24) is 9.21 Å². The van der Waals surface area contributed by atoms with Crippen LogP contribution in [-0.4, -0.2) is 50.8 Å². The first-order valence-electron chi connectivity index (χ1n) is 6.21. The van der Waals surface area contributed by atoms with Crippen molar-refractivity contribution >= 4 is 21.6 Å². The lowest BCUT2D eigenvalue weighted by Crippen LogP contribution is -2.43. The number of hydrogen-bond acceptors (Lipinski definition) is 3. The van der Waals surface area contributed by atoms with Crippen LogP contribution in [0.1, 0.15) is 13.8 Å². The van der Waals surface area contributed by atoms with Crippen molar-refractivity contribution in [2.45, 2.75) is 24.8 Å². The fourth-order valence-electron chi connectivity index (χ4n) is 2.12. The van der Waals surface area contributed by atoms with Crippen LogP contribution in [0.25, 0.3) is 0 Å². The van der Waals surface area contributed by atoms with E-state index in [1.807, 2.05) is 32.8 Å². The lowest BCUT2D eigenvalue weighted by atomic mass is 10.3. The molecule has 0 aliphatic rings. The number of rotatable bonds is 6. The van der Waals surface area contributed by atoms with E-state index < -0.39 is 10.0 Å². The van der Waals surface area contributed by atoms with E-state index in [1.165, 1.54) is 4.31 Å². The largest absolute Gasteiger partial charge is 0.308 e. The maximum absolute atomic E-state index is 12.6. The quantitative estimate of drug-likeness (QED) is 0.810. The van der Waals surface area contributed by atoms with Crippen LogP contribution in [0.3, 0.4) is 0 Å². The first-order chi connectivity index (χ1) is 8.80. The van der Waals surface area contributed by atoms with Gasteiger partial charge in [-0.2, -0.15) is 4.31 Å². The average Bonchev–Trinajstić information content (AvgIpc) is 2.28. The van der Waals surface area contributed by atoms with E-state index in [1.54, 1.807) is 24.3 Å². The molecule has 1 aromatic carbocycles. The summed E-state index contributed by atoms with van der Waals surface area (Å²) < 4.78 is 26.7. The Hall–Kier alpha value is -0.620. The summed E-state index contributed by atoms with van der Waals surface area (Å²) in [5.74, 6) is 0. The molecule has 0 spiro atoms. The van der Waals surface area contributed by atoms with Crippen molar-refractivity contribution in [2.75, 3.05) is 27.2 Å². The standard InChI is InChI=1S/C13H21ClN2O2S/c1-5-16(11(2)10-15(3)4)19(17,18)13-9-7-6-8-12(13)14/h6-9,11H,5,10H2,1-4H3. The fraction of sp³-hybridized carbons (Fsp3) is 0.538. The molecule has 0 aliphatic carbocycles. The Balaban J connectivity index is 3.13. The third-order valence-corrected chi connectivity index (χ3v) is 5.44. The lowest BCUT2D eigenvalue weighted by Gasteiger charge is -2.29. The molecule has 108 valence electrons. The van der Waals surface area contributed by atoms with Gasteiger partial charge in [-0.25, -0.2) is 8.42 Å². The zero-order valence-corrected chi connectivity index (χ0v) is 13.4. The highest BCUT2D eigenvalue weighted by molar-refractivity contribution is 7.89. The van der Waals surface area contributed by atoms with Crippen LogP contribution in [0.2, 0.25) is 5.02 Å². The molecule has 0 bridgehead atoms. The van der Waals surface area contributed by atoms with Gasteiger partial charge in [0.1, 0.15) is 4.90 Å². The van der Waals surface area contributed by atoms with Crippen molar-refractivity contribution in [2.24, 2.45) is 0 Å². The van der Waals surface area contributed by atoms with E-state index >= 15 is 0 Å². The Morgan fingerprint density at radius 2 is 1.84 bits per heavy atom. The summed E-state index contributed by atoms with van der Waals surface area (Å²) in [6.45, 7) is 4.82. The fourth-order valence-corrected chi connectivity index (χ4v) is 4.24. The van der Waals surface area contributed by atoms with Crippen molar-refractivity contribution in [3.05, 3.63) is 29.3 Å². The molecular weight excluding hydrogens is 284 g/mol. The van der Waals surface area contributed by atoms with E-state index in [4.69, 9.17) is 11.6 Å². The topological polar surface area (TPSA) is 40.6 Å². The summed E-state index contributed by atoms with van der Waals surface area (Å²) in [6.07, 6.45) is 0. The summed E-state index contributed by atoms with van der Waals surface area (Å²) in [4.78, 5) is 2.14. The van der Waals surface area contributed by atoms with Crippen LogP contribution in [0.5, 0.6) is 0 Å². The maximum Gasteiger partial charge on any atom is 0.244 e. The first-order valence-corrected chi connectivity index (χ1v) is 8.03. The molecule has 1 atom stereocenters. The molecule has 0 aliphatic heterocycles. The summed E-state index contributed by atoms with van der Waals surface area (Å²) in [7, 11) is 0.294. The Bertz CT molecular complexity index is 517. The maximum atomic E-state index is 12.6. The predicted molar refractivity (Wildman–Crippen MR) is 79.0 cm³/mol. The SMILES string of the molecule is CCN(C(C)CN(C)C)S(=O)(=O)c1ccccc1Cl. The van der Waals surface area contributed by atoms with Crippen molar-refractivity contribution in [3.63, 3.8) is 0 Å². The van der Waals surface area contributed by atoms with Crippen molar-refractivity contribution in [1.29, 1.82) is 0 Å². The average molecular weight is 305 g/mol. The van der Waals surface area contributed by atoms with Crippen molar-refractivity contribution in [3.8, 4) is 0 Å². The first kappa shape index (κ1) is 16.4. The van der Waals surface area contributed by atoms with E-state index in [0.717, 1.165) is 0 Å². The zero-order chi connectivity index (χ0) is 14.6. The summed E-state index contributed by atoms with van der Waals surface area (Å²) in [5, 5.41) is 0.262. The van der Waals surface area contributed by atoms with Gasteiger partial charge in [0.15, 0.2) is 0 Å². The van der Waals surface area contributed by atoms with Gasteiger partial charge in [0.05, 0.1) is 5.02 Å². The van der Waals surface area contributed by atoms with Gasteiger partial charge in [-0.05, 0) is 33.2 Å². The normalized spacial score (nSPS) is 14.1. The molecule has 0 radical (unpaired) electrons. The zero-order valence-electron chi connectivity index (χ0n) is 11.8. The van der Waals surface area contributed by atoms with Gasteiger partial charge < -0.3 is 4.90 Å². The highest BCUT2D eigenvalue weighted by atomic mass is 35.5. The molecule has 4 nitrogen and oxygen atoms in total. The van der Waals surface area contributed by atoms with Gasteiger partial charge in [-0.15, -0.1) is 0 Å². The molecule has 0 aromatic heterocycles. The van der Waals surface area contributed by atoms with E-state index in [0.29, 0.717) is 13.1 Å². The van der Waals surface area contributed by atoms with Crippen molar-refractivity contribution < 1.29 is 8.42 Å².